The molecule has 1 aliphatic rings. The molecule has 0 radical (unpaired) electrons. The van der Waals surface area contributed by atoms with Gasteiger partial charge in [0.05, 0.1) is 12.2 Å². The molecule has 0 bridgehead atoms. The van der Waals surface area contributed by atoms with Crippen LogP contribution in [0.2, 0.25) is 0 Å². The molecular weight excluding hydrogens is 390 g/mol. The molecule has 4 rings (SSSR count). The van der Waals surface area contributed by atoms with Crippen LogP contribution in [0.1, 0.15) is 5.56 Å². The van der Waals surface area contributed by atoms with E-state index in [1.807, 2.05) is 6.07 Å². The fourth-order valence-corrected chi connectivity index (χ4v) is 3.12. The highest BCUT2D eigenvalue weighted by molar-refractivity contribution is 5.79. The van der Waals surface area contributed by atoms with Gasteiger partial charge < -0.3 is 10.6 Å². The molecule has 0 unspecified atom stereocenters. The molecule has 2 N–H and O–H groups in total. The number of nitrogens with one attached hydrogen (secondary N) is 2. The Morgan fingerprint density at radius 1 is 1.17 bits per heavy atom. The van der Waals surface area contributed by atoms with Crippen molar-refractivity contribution in [2.75, 3.05) is 23.7 Å². The molecule has 1 aliphatic heterocycles. The van der Waals surface area contributed by atoms with Crippen molar-refractivity contribution in [1.29, 1.82) is 0 Å². The maximum atomic E-state index is 12.9. The molecule has 7 nitrogen and oxygen atoms in total. The van der Waals surface area contributed by atoms with Crippen molar-refractivity contribution in [3.8, 4) is 22.5 Å². The number of anilines is 2. The van der Waals surface area contributed by atoms with Crippen LogP contribution >= 0.6 is 0 Å². The lowest BCUT2D eigenvalue weighted by Crippen LogP contribution is -2.12. The average molecular weight is 407 g/mol. The molecular formula is C18H17F4N7. The van der Waals surface area contributed by atoms with Crippen LogP contribution in [-0.4, -0.2) is 50.7 Å². The Morgan fingerprint density at radius 3 is 2.83 bits per heavy atom. The lowest BCUT2D eigenvalue weighted by molar-refractivity contribution is 0.122. The molecule has 0 aromatic carbocycles. The summed E-state index contributed by atoms with van der Waals surface area (Å²) < 4.78 is 51.8. The highest BCUT2D eigenvalue weighted by Gasteiger charge is 2.20. The summed E-state index contributed by atoms with van der Waals surface area (Å²) in [5.74, 6) is 0.814. The van der Waals surface area contributed by atoms with Gasteiger partial charge in [0, 0.05) is 36.3 Å². The average Bonchev–Trinajstić information content (AvgIpc) is 3.32. The van der Waals surface area contributed by atoms with Crippen molar-refractivity contribution in [3.05, 3.63) is 36.3 Å². The summed E-state index contributed by atoms with van der Waals surface area (Å²) >= 11 is 0. The quantitative estimate of drug-likeness (QED) is 0.585. The first kappa shape index (κ1) is 19.1. The largest absolute Gasteiger partial charge is 0.370 e. The summed E-state index contributed by atoms with van der Waals surface area (Å²) in [7, 11) is 0. The number of fused-ring (bicyclic) bond motifs is 1. The summed E-state index contributed by atoms with van der Waals surface area (Å²) in [6.45, 7) is -0.388. The minimum absolute atomic E-state index is 0.0200. The second kappa shape index (κ2) is 8.02. The zero-order chi connectivity index (χ0) is 20.4. The zero-order valence-electron chi connectivity index (χ0n) is 15.1. The van der Waals surface area contributed by atoms with Crippen LogP contribution in [0.3, 0.4) is 0 Å². The van der Waals surface area contributed by atoms with Gasteiger partial charge >= 0.3 is 0 Å². The van der Waals surface area contributed by atoms with Gasteiger partial charge in [0.2, 0.25) is 5.95 Å². The Morgan fingerprint density at radius 2 is 2.03 bits per heavy atom. The topological polar surface area (TPSA) is 80.5 Å². The fourth-order valence-electron chi connectivity index (χ4n) is 3.12. The molecule has 11 heteroatoms. The third kappa shape index (κ3) is 4.28. The van der Waals surface area contributed by atoms with E-state index in [1.54, 1.807) is 12.3 Å². The normalized spacial score (nSPS) is 13.0. The maximum Gasteiger partial charge on any atom is 0.257 e. The van der Waals surface area contributed by atoms with E-state index in [2.05, 4.69) is 30.7 Å². The first-order valence-electron chi connectivity index (χ1n) is 8.94. The Balaban J connectivity index is 1.74. The van der Waals surface area contributed by atoms with Crippen LogP contribution in [-0.2, 0) is 13.0 Å². The predicted octanol–water partition coefficient (Wildman–Crippen LogP) is 3.31. The molecule has 0 spiro atoms. The number of aromatic nitrogens is 5. The number of nitrogens with zero attached hydrogens (tertiary/aromatic N) is 5. The van der Waals surface area contributed by atoms with E-state index in [1.165, 1.54) is 12.4 Å². The van der Waals surface area contributed by atoms with Gasteiger partial charge in [-0.05, 0) is 24.1 Å². The molecule has 3 aromatic rings. The summed E-state index contributed by atoms with van der Waals surface area (Å²) in [6, 6.07) is 3.49. The molecule has 4 heterocycles. The molecule has 3 aromatic heterocycles. The third-order valence-corrected chi connectivity index (χ3v) is 4.36. The van der Waals surface area contributed by atoms with Crippen molar-refractivity contribution in [2.45, 2.75) is 25.8 Å². The molecule has 0 aliphatic carbocycles. The van der Waals surface area contributed by atoms with Crippen LogP contribution in [0.25, 0.3) is 22.5 Å². The smallest absolute Gasteiger partial charge is 0.257 e. The summed E-state index contributed by atoms with van der Waals surface area (Å²) in [6.07, 6.45) is 0.163. The summed E-state index contributed by atoms with van der Waals surface area (Å²) in [5, 5.41) is 9.91. The van der Waals surface area contributed by atoms with Gasteiger partial charge in [-0.2, -0.15) is 5.10 Å². The van der Waals surface area contributed by atoms with E-state index in [9.17, 15) is 17.6 Å². The standard InChI is InChI=1S/C18H17F4N7/c19-14(20)7-26-18-24-4-2-13(27-18)12-8-29(9-15(21)22)28-16(12)11-5-10-1-3-23-17(10)25-6-11/h2,4-6,8,14-15H,1,3,7,9H2,(H,23,25)(H,24,26,27). The van der Waals surface area contributed by atoms with E-state index >= 15 is 0 Å². The van der Waals surface area contributed by atoms with Gasteiger partial charge in [-0.25, -0.2) is 32.5 Å². The van der Waals surface area contributed by atoms with Gasteiger partial charge in [0.1, 0.15) is 18.1 Å². The van der Waals surface area contributed by atoms with E-state index in [0.29, 0.717) is 22.5 Å². The van der Waals surface area contributed by atoms with Crippen molar-refractivity contribution in [1.82, 2.24) is 24.7 Å². The number of alkyl halides is 4. The number of halogens is 4. The molecule has 0 saturated carbocycles. The summed E-state index contributed by atoms with van der Waals surface area (Å²) in [5.41, 5.74) is 2.98. The van der Waals surface area contributed by atoms with Crippen LogP contribution < -0.4 is 10.6 Å². The second-order valence-corrected chi connectivity index (χ2v) is 6.45. The Hall–Kier alpha value is -3.24. The lowest BCUT2D eigenvalue weighted by atomic mass is 10.1. The molecule has 29 heavy (non-hydrogen) atoms. The van der Waals surface area contributed by atoms with Gasteiger partial charge in [-0.1, -0.05) is 0 Å². The Bertz CT molecular complexity index is 1010. The van der Waals surface area contributed by atoms with Crippen LogP contribution in [0.5, 0.6) is 0 Å². The molecule has 152 valence electrons. The molecule has 0 amide bonds. The van der Waals surface area contributed by atoms with Crippen molar-refractivity contribution < 1.29 is 17.6 Å². The highest BCUT2D eigenvalue weighted by Crippen LogP contribution is 2.32. The SMILES string of the molecule is FC(F)CNc1nccc(-c2cn(CC(F)F)nc2-c2cnc3c(c2)CCN3)n1. The number of pyridine rings is 1. The second-order valence-electron chi connectivity index (χ2n) is 6.45. The first-order valence-corrected chi connectivity index (χ1v) is 8.94. The molecule has 0 fully saturated rings. The minimum Gasteiger partial charge on any atom is -0.370 e. The molecule has 0 atom stereocenters. The first-order chi connectivity index (χ1) is 14.0. The van der Waals surface area contributed by atoms with Crippen LogP contribution in [0, 0.1) is 0 Å². The predicted molar refractivity (Wildman–Crippen MR) is 99.2 cm³/mol. The Kier molecular flexibility index (Phi) is 5.28. The maximum absolute atomic E-state index is 12.9. The van der Waals surface area contributed by atoms with Crippen LogP contribution in [0.4, 0.5) is 29.3 Å². The van der Waals surface area contributed by atoms with Crippen molar-refractivity contribution in [3.63, 3.8) is 0 Å². The monoisotopic (exact) mass is 407 g/mol. The number of rotatable bonds is 7. The van der Waals surface area contributed by atoms with E-state index < -0.39 is 25.9 Å². The van der Waals surface area contributed by atoms with Crippen molar-refractivity contribution in [2.24, 2.45) is 0 Å². The van der Waals surface area contributed by atoms with Crippen molar-refractivity contribution >= 4 is 11.8 Å². The fraction of sp³-hybridized carbons (Fsp3) is 0.333. The number of hydrogen-bond donors (Lipinski definition) is 2. The minimum atomic E-state index is -2.58. The van der Waals surface area contributed by atoms with Gasteiger partial charge in [0.25, 0.3) is 12.9 Å². The lowest BCUT2D eigenvalue weighted by Gasteiger charge is -2.07. The highest BCUT2D eigenvalue weighted by atomic mass is 19.3. The van der Waals surface area contributed by atoms with E-state index in [0.717, 1.165) is 29.0 Å². The van der Waals surface area contributed by atoms with Crippen LogP contribution in [0.15, 0.2) is 30.7 Å². The molecule has 0 saturated heterocycles. The Labute approximate surface area is 163 Å². The zero-order valence-corrected chi connectivity index (χ0v) is 15.1. The van der Waals surface area contributed by atoms with Gasteiger partial charge in [-0.15, -0.1) is 0 Å². The van der Waals surface area contributed by atoms with Gasteiger partial charge in [0.15, 0.2) is 0 Å². The third-order valence-electron chi connectivity index (χ3n) is 4.36. The number of hydrogen-bond acceptors (Lipinski definition) is 6. The van der Waals surface area contributed by atoms with E-state index in [-0.39, 0.29) is 5.95 Å². The van der Waals surface area contributed by atoms with Gasteiger partial charge in [-0.3, -0.25) is 4.68 Å². The van der Waals surface area contributed by atoms with E-state index in [4.69, 9.17) is 0 Å². The summed E-state index contributed by atoms with van der Waals surface area (Å²) in [4.78, 5) is 12.5.